The Balaban J connectivity index is 1.75. The minimum absolute atomic E-state index is 0.0620. The average Bonchev–Trinajstić information content (AvgIpc) is 3.24. The molecule has 0 spiro atoms. The van der Waals surface area contributed by atoms with Gasteiger partial charge in [0, 0.05) is 24.6 Å². The van der Waals surface area contributed by atoms with Gasteiger partial charge in [0.05, 0.1) is 0 Å². The van der Waals surface area contributed by atoms with Gasteiger partial charge < -0.3 is 15.2 Å². The number of nitrogens with one attached hydrogen (secondary N) is 2. The molecule has 5 nitrogen and oxygen atoms in total. The molecule has 1 aliphatic heterocycles. The number of hydrogen-bond donors (Lipinski definition) is 2. The Morgan fingerprint density at radius 3 is 2.76 bits per heavy atom. The van der Waals surface area contributed by atoms with Gasteiger partial charge in [0.15, 0.2) is 0 Å². The van der Waals surface area contributed by atoms with Gasteiger partial charge in [0.1, 0.15) is 17.0 Å². The van der Waals surface area contributed by atoms with Crippen LogP contribution in [0.3, 0.4) is 0 Å². The first-order valence-electron chi connectivity index (χ1n) is 9.04. The zero-order chi connectivity index (χ0) is 17.9. The number of aryl methyl sites for hydroxylation is 1. The van der Waals surface area contributed by atoms with Gasteiger partial charge in [-0.3, -0.25) is 4.79 Å². The van der Waals surface area contributed by atoms with Crippen molar-refractivity contribution in [3.63, 3.8) is 0 Å². The van der Waals surface area contributed by atoms with Gasteiger partial charge >= 0.3 is 0 Å². The second-order valence-corrected chi connectivity index (χ2v) is 7.44. The topological polar surface area (TPSA) is 67.2 Å². The van der Waals surface area contributed by atoms with E-state index in [0.717, 1.165) is 36.4 Å². The van der Waals surface area contributed by atoms with Gasteiger partial charge in [-0.05, 0) is 32.2 Å². The molecule has 0 aliphatic carbocycles. The number of benzene rings is 1. The van der Waals surface area contributed by atoms with Crippen LogP contribution in [-0.4, -0.2) is 29.7 Å². The van der Waals surface area contributed by atoms with E-state index >= 15 is 0 Å². The second kappa shape index (κ2) is 7.40. The Kier molecular flexibility index (Phi) is 5.23. The number of aromatic nitrogens is 1. The summed E-state index contributed by atoms with van der Waals surface area (Å²) in [6.45, 7) is 7.79. The van der Waals surface area contributed by atoms with Crippen LogP contribution in [0.1, 0.15) is 38.0 Å². The molecule has 1 saturated heterocycles. The summed E-state index contributed by atoms with van der Waals surface area (Å²) in [5.74, 6) is 1.23. The first kappa shape index (κ1) is 17.7. The molecule has 0 saturated carbocycles. The van der Waals surface area contributed by atoms with E-state index in [1.165, 1.54) is 5.56 Å². The van der Waals surface area contributed by atoms with E-state index in [1.807, 2.05) is 18.2 Å². The van der Waals surface area contributed by atoms with Gasteiger partial charge in [-0.1, -0.05) is 48.8 Å². The quantitative estimate of drug-likeness (QED) is 0.847. The number of rotatable bonds is 6. The molecule has 5 heteroatoms. The lowest BCUT2D eigenvalue weighted by molar-refractivity contribution is -0.127. The van der Waals surface area contributed by atoms with E-state index in [0.29, 0.717) is 18.9 Å². The van der Waals surface area contributed by atoms with Gasteiger partial charge in [-0.25, -0.2) is 0 Å². The van der Waals surface area contributed by atoms with Crippen LogP contribution in [0.5, 0.6) is 0 Å². The molecule has 1 aromatic heterocycles. The van der Waals surface area contributed by atoms with Crippen LogP contribution >= 0.6 is 0 Å². The highest BCUT2D eigenvalue weighted by atomic mass is 16.5. The van der Waals surface area contributed by atoms with E-state index in [-0.39, 0.29) is 5.91 Å². The summed E-state index contributed by atoms with van der Waals surface area (Å²) in [5, 5.41) is 10.7. The molecular formula is C20H27N3O2. The molecule has 1 amide bonds. The van der Waals surface area contributed by atoms with Gasteiger partial charge in [0.25, 0.3) is 0 Å². The molecule has 3 rings (SSSR count). The molecule has 1 atom stereocenters. The maximum Gasteiger partial charge on any atom is 0.240 e. The highest BCUT2D eigenvalue weighted by Crippen LogP contribution is 2.27. The molecule has 0 unspecified atom stereocenters. The third-order valence-corrected chi connectivity index (χ3v) is 4.73. The Morgan fingerprint density at radius 2 is 2.12 bits per heavy atom. The summed E-state index contributed by atoms with van der Waals surface area (Å²) >= 11 is 0. The van der Waals surface area contributed by atoms with Crippen LogP contribution in [0, 0.1) is 12.8 Å². The average molecular weight is 341 g/mol. The van der Waals surface area contributed by atoms with Crippen LogP contribution in [-0.2, 0) is 11.2 Å². The third-order valence-electron chi connectivity index (χ3n) is 4.73. The Hall–Kier alpha value is -2.14. The molecule has 1 aromatic carbocycles. The molecule has 2 heterocycles. The minimum atomic E-state index is -0.584. The molecule has 0 bridgehead atoms. The van der Waals surface area contributed by atoms with E-state index in [1.54, 1.807) is 0 Å². The normalized spacial score (nSPS) is 20.2. The molecule has 0 radical (unpaired) electrons. The fourth-order valence-corrected chi connectivity index (χ4v) is 3.25. The lowest BCUT2D eigenvalue weighted by Gasteiger charge is -2.27. The van der Waals surface area contributed by atoms with Crippen molar-refractivity contribution < 1.29 is 9.32 Å². The van der Waals surface area contributed by atoms with Crippen LogP contribution in [0.25, 0.3) is 11.3 Å². The molecule has 1 fully saturated rings. The Morgan fingerprint density at radius 1 is 1.36 bits per heavy atom. The van der Waals surface area contributed by atoms with Crippen molar-refractivity contribution in [1.29, 1.82) is 0 Å². The summed E-state index contributed by atoms with van der Waals surface area (Å²) in [6, 6.07) is 10.1. The molecule has 2 N–H and O–H groups in total. The minimum Gasteiger partial charge on any atom is -0.361 e. The van der Waals surface area contributed by atoms with Crippen molar-refractivity contribution in [2.75, 3.05) is 13.1 Å². The smallest absolute Gasteiger partial charge is 0.240 e. The zero-order valence-electron chi connectivity index (χ0n) is 15.3. The number of carbonyl (C=O) groups excluding carboxylic acids is 1. The predicted octanol–water partition coefficient (Wildman–Crippen LogP) is 3.09. The van der Waals surface area contributed by atoms with E-state index in [4.69, 9.17) is 4.52 Å². The first-order valence-corrected chi connectivity index (χ1v) is 9.04. The summed E-state index contributed by atoms with van der Waals surface area (Å²) < 4.78 is 5.54. The first-order chi connectivity index (χ1) is 12.0. The summed E-state index contributed by atoms with van der Waals surface area (Å²) in [4.78, 5) is 12.8. The van der Waals surface area contributed by atoms with Gasteiger partial charge in [-0.2, -0.15) is 0 Å². The summed E-state index contributed by atoms with van der Waals surface area (Å²) in [5.41, 5.74) is 2.46. The maximum atomic E-state index is 12.8. The molecular weight excluding hydrogens is 314 g/mol. The molecule has 134 valence electrons. The number of carbonyl (C=O) groups is 1. The van der Waals surface area contributed by atoms with Gasteiger partial charge in [0.2, 0.25) is 5.91 Å². The number of amides is 1. The monoisotopic (exact) mass is 341 g/mol. The SMILES string of the molecule is Cc1ccc(-c2cc(C[C@@]3(C(=O)NCC(C)C)CCCN3)on2)cc1. The van der Waals surface area contributed by atoms with Crippen LogP contribution in [0.4, 0.5) is 0 Å². The predicted molar refractivity (Wildman–Crippen MR) is 98.2 cm³/mol. The lowest BCUT2D eigenvalue weighted by atomic mass is 9.90. The number of hydrogen-bond acceptors (Lipinski definition) is 4. The van der Waals surface area contributed by atoms with Crippen molar-refractivity contribution in [1.82, 2.24) is 15.8 Å². The fourth-order valence-electron chi connectivity index (χ4n) is 3.25. The van der Waals surface area contributed by atoms with Crippen molar-refractivity contribution in [3.05, 3.63) is 41.7 Å². The maximum absolute atomic E-state index is 12.8. The highest BCUT2D eigenvalue weighted by Gasteiger charge is 2.42. The van der Waals surface area contributed by atoms with Crippen molar-refractivity contribution >= 4 is 5.91 Å². The van der Waals surface area contributed by atoms with E-state index in [2.05, 4.69) is 48.7 Å². The van der Waals surface area contributed by atoms with E-state index in [9.17, 15) is 4.79 Å². The molecule has 25 heavy (non-hydrogen) atoms. The van der Waals surface area contributed by atoms with Crippen molar-refractivity contribution in [3.8, 4) is 11.3 Å². The van der Waals surface area contributed by atoms with Crippen molar-refractivity contribution in [2.45, 2.75) is 45.6 Å². The summed E-state index contributed by atoms with van der Waals surface area (Å²) in [7, 11) is 0. The molecule has 2 aromatic rings. The highest BCUT2D eigenvalue weighted by molar-refractivity contribution is 5.87. The Bertz CT molecular complexity index is 713. The Labute approximate surface area is 149 Å². The molecule has 1 aliphatic rings. The second-order valence-electron chi connectivity index (χ2n) is 7.44. The fraction of sp³-hybridized carbons (Fsp3) is 0.500. The van der Waals surface area contributed by atoms with Crippen LogP contribution in [0.2, 0.25) is 0 Å². The largest absolute Gasteiger partial charge is 0.361 e. The zero-order valence-corrected chi connectivity index (χ0v) is 15.3. The summed E-state index contributed by atoms with van der Waals surface area (Å²) in [6.07, 6.45) is 2.33. The number of nitrogens with zero attached hydrogens (tertiary/aromatic N) is 1. The third kappa shape index (κ3) is 4.10. The lowest BCUT2D eigenvalue weighted by Crippen LogP contribution is -2.55. The van der Waals surface area contributed by atoms with E-state index < -0.39 is 5.54 Å². The standard InChI is InChI=1S/C20H27N3O2/c1-14(2)13-21-19(24)20(9-4-10-22-20)12-17-11-18(23-25-17)16-7-5-15(3)6-8-16/h5-8,11,14,22H,4,9-10,12-13H2,1-3H3,(H,21,24)/t20-/m1/s1. The van der Waals surface area contributed by atoms with Crippen LogP contribution < -0.4 is 10.6 Å². The van der Waals surface area contributed by atoms with Crippen LogP contribution in [0.15, 0.2) is 34.9 Å². The van der Waals surface area contributed by atoms with Gasteiger partial charge in [-0.15, -0.1) is 0 Å². The van der Waals surface area contributed by atoms with Crippen molar-refractivity contribution in [2.24, 2.45) is 5.92 Å².